The van der Waals surface area contributed by atoms with Crippen molar-refractivity contribution in [2.24, 2.45) is 5.73 Å². The summed E-state index contributed by atoms with van der Waals surface area (Å²) in [4.78, 5) is 13.8. The molecule has 0 saturated carbocycles. The summed E-state index contributed by atoms with van der Waals surface area (Å²) in [7, 11) is 0. The number of nitrogens with two attached hydrogens (primary N) is 1. The number of pyridine rings is 1. The summed E-state index contributed by atoms with van der Waals surface area (Å²) in [5, 5.41) is 0. The van der Waals surface area contributed by atoms with Gasteiger partial charge >= 0.3 is 6.18 Å². The second kappa shape index (κ2) is 4.82. The van der Waals surface area contributed by atoms with E-state index in [-0.39, 0.29) is 13.0 Å². The summed E-state index contributed by atoms with van der Waals surface area (Å²) in [5.41, 5.74) is 3.85. The van der Waals surface area contributed by atoms with Crippen molar-refractivity contribution in [1.82, 2.24) is 4.98 Å². The molecule has 0 aliphatic carbocycles. The minimum absolute atomic E-state index is 0.159. The molecule has 0 radical (unpaired) electrons. The molecule has 1 rings (SSSR count). The Kier molecular flexibility index (Phi) is 3.70. The van der Waals surface area contributed by atoms with Gasteiger partial charge < -0.3 is 10.5 Å². The van der Waals surface area contributed by atoms with Crippen LogP contribution in [0.15, 0.2) is 18.3 Å². The Morgan fingerprint density at radius 3 is 2.75 bits per heavy atom. The predicted molar refractivity (Wildman–Crippen MR) is 48.5 cm³/mol. The van der Waals surface area contributed by atoms with E-state index in [9.17, 15) is 18.0 Å². The lowest BCUT2D eigenvalue weighted by atomic mass is 10.2. The SMILES string of the molecule is NC(=O)CCOc1ncccc1C(F)(F)F. The Morgan fingerprint density at radius 1 is 1.50 bits per heavy atom. The molecule has 0 saturated heterocycles. The van der Waals surface area contributed by atoms with Crippen molar-refractivity contribution in [1.29, 1.82) is 0 Å². The molecule has 0 spiro atoms. The number of halogens is 3. The molecule has 0 aliphatic heterocycles. The van der Waals surface area contributed by atoms with E-state index in [1.54, 1.807) is 0 Å². The zero-order valence-corrected chi connectivity index (χ0v) is 8.12. The number of nitrogens with zero attached hydrogens (tertiary/aromatic N) is 1. The number of ether oxygens (including phenoxy) is 1. The molecular formula is C9H9F3N2O2. The molecule has 88 valence electrons. The Labute approximate surface area is 89.2 Å². The van der Waals surface area contributed by atoms with Gasteiger partial charge in [-0.25, -0.2) is 4.98 Å². The molecular weight excluding hydrogens is 225 g/mol. The van der Waals surface area contributed by atoms with E-state index in [0.717, 1.165) is 12.1 Å². The average Bonchev–Trinajstić information content (AvgIpc) is 2.16. The van der Waals surface area contributed by atoms with Crippen molar-refractivity contribution in [3.05, 3.63) is 23.9 Å². The lowest BCUT2D eigenvalue weighted by molar-refractivity contribution is -0.139. The van der Waals surface area contributed by atoms with Crippen LogP contribution in [0.2, 0.25) is 0 Å². The zero-order valence-electron chi connectivity index (χ0n) is 8.12. The highest BCUT2D eigenvalue weighted by Crippen LogP contribution is 2.34. The van der Waals surface area contributed by atoms with Crippen molar-refractivity contribution in [2.75, 3.05) is 6.61 Å². The third-order valence-corrected chi connectivity index (χ3v) is 1.66. The van der Waals surface area contributed by atoms with Crippen LogP contribution in [-0.4, -0.2) is 17.5 Å². The van der Waals surface area contributed by atoms with Crippen LogP contribution >= 0.6 is 0 Å². The molecule has 1 aromatic heterocycles. The molecule has 1 aromatic rings. The summed E-state index contributed by atoms with van der Waals surface area (Å²) >= 11 is 0. The van der Waals surface area contributed by atoms with Gasteiger partial charge in [-0.05, 0) is 12.1 Å². The van der Waals surface area contributed by atoms with Crippen LogP contribution in [0.1, 0.15) is 12.0 Å². The van der Waals surface area contributed by atoms with Gasteiger partial charge in [0.2, 0.25) is 11.8 Å². The first kappa shape index (κ1) is 12.3. The molecule has 0 fully saturated rings. The van der Waals surface area contributed by atoms with E-state index in [2.05, 4.69) is 4.98 Å². The number of rotatable bonds is 4. The lowest BCUT2D eigenvalue weighted by Gasteiger charge is -2.11. The summed E-state index contributed by atoms with van der Waals surface area (Å²) in [6.45, 7) is -0.227. The second-order valence-corrected chi connectivity index (χ2v) is 2.92. The van der Waals surface area contributed by atoms with Crippen LogP contribution in [0.3, 0.4) is 0 Å². The number of carbonyl (C=O) groups excluding carboxylic acids is 1. The molecule has 16 heavy (non-hydrogen) atoms. The van der Waals surface area contributed by atoms with Gasteiger partial charge in [-0.1, -0.05) is 0 Å². The number of carbonyl (C=O) groups is 1. The highest BCUT2D eigenvalue weighted by atomic mass is 19.4. The number of hydrogen-bond donors (Lipinski definition) is 1. The predicted octanol–water partition coefficient (Wildman–Crippen LogP) is 1.35. The number of alkyl halides is 3. The Hall–Kier alpha value is -1.79. The van der Waals surface area contributed by atoms with E-state index >= 15 is 0 Å². The largest absolute Gasteiger partial charge is 0.477 e. The van der Waals surface area contributed by atoms with Gasteiger partial charge in [0.1, 0.15) is 5.56 Å². The first-order chi connectivity index (χ1) is 7.41. The van der Waals surface area contributed by atoms with E-state index in [4.69, 9.17) is 10.5 Å². The van der Waals surface area contributed by atoms with Crippen LogP contribution < -0.4 is 10.5 Å². The number of hydrogen-bond acceptors (Lipinski definition) is 3. The number of primary amides is 1. The van der Waals surface area contributed by atoms with Crippen molar-refractivity contribution in [3.63, 3.8) is 0 Å². The van der Waals surface area contributed by atoms with Gasteiger partial charge in [0, 0.05) is 6.20 Å². The molecule has 0 aliphatic rings. The van der Waals surface area contributed by atoms with E-state index in [1.807, 2.05) is 0 Å². The van der Waals surface area contributed by atoms with Crippen LogP contribution in [0.4, 0.5) is 13.2 Å². The summed E-state index contributed by atoms with van der Waals surface area (Å²) in [6.07, 6.45) is -3.51. The Balaban J connectivity index is 2.76. The zero-order chi connectivity index (χ0) is 12.2. The maximum atomic E-state index is 12.4. The summed E-state index contributed by atoms with van der Waals surface area (Å²) in [6, 6.07) is 2.01. The smallest absolute Gasteiger partial charge is 0.421 e. The molecule has 0 aromatic carbocycles. The summed E-state index contributed by atoms with van der Waals surface area (Å²) in [5.74, 6) is -1.19. The standard InChI is InChI=1S/C9H9F3N2O2/c10-9(11,12)6-2-1-4-14-8(6)16-5-3-7(13)15/h1-2,4H,3,5H2,(H2,13,15). The molecule has 0 atom stereocenters. The fourth-order valence-corrected chi connectivity index (χ4v) is 0.970. The van der Waals surface area contributed by atoms with Gasteiger partial charge in [0.05, 0.1) is 13.0 Å². The van der Waals surface area contributed by atoms with Crippen molar-refractivity contribution >= 4 is 5.91 Å². The monoisotopic (exact) mass is 234 g/mol. The van der Waals surface area contributed by atoms with Crippen LogP contribution in [0, 0.1) is 0 Å². The maximum Gasteiger partial charge on any atom is 0.421 e. The van der Waals surface area contributed by atoms with Gasteiger partial charge in [-0.15, -0.1) is 0 Å². The number of aromatic nitrogens is 1. The minimum Gasteiger partial charge on any atom is -0.477 e. The Bertz CT molecular complexity index is 379. The second-order valence-electron chi connectivity index (χ2n) is 2.92. The molecule has 1 heterocycles. The van der Waals surface area contributed by atoms with Crippen molar-refractivity contribution < 1.29 is 22.7 Å². The molecule has 0 unspecified atom stereocenters. The topological polar surface area (TPSA) is 65.2 Å². The quantitative estimate of drug-likeness (QED) is 0.855. The maximum absolute atomic E-state index is 12.4. The third-order valence-electron chi connectivity index (χ3n) is 1.66. The third kappa shape index (κ3) is 3.41. The molecule has 4 nitrogen and oxygen atoms in total. The van der Waals surface area contributed by atoms with Crippen molar-refractivity contribution in [3.8, 4) is 5.88 Å². The minimum atomic E-state index is -4.53. The fourth-order valence-electron chi connectivity index (χ4n) is 0.970. The first-order valence-electron chi connectivity index (χ1n) is 4.34. The average molecular weight is 234 g/mol. The molecule has 2 N–H and O–H groups in total. The highest BCUT2D eigenvalue weighted by molar-refractivity contribution is 5.73. The van der Waals surface area contributed by atoms with Gasteiger partial charge in [-0.2, -0.15) is 13.2 Å². The van der Waals surface area contributed by atoms with E-state index in [1.165, 1.54) is 6.20 Å². The van der Waals surface area contributed by atoms with Crippen LogP contribution in [0.5, 0.6) is 5.88 Å². The number of amides is 1. The Morgan fingerprint density at radius 2 is 2.19 bits per heavy atom. The summed E-state index contributed by atoms with van der Waals surface area (Å²) < 4.78 is 42.0. The highest BCUT2D eigenvalue weighted by Gasteiger charge is 2.34. The van der Waals surface area contributed by atoms with Gasteiger partial charge in [0.15, 0.2) is 0 Å². The first-order valence-corrected chi connectivity index (χ1v) is 4.34. The van der Waals surface area contributed by atoms with Crippen LogP contribution in [-0.2, 0) is 11.0 Å². The fraction of sp³-hybridized carbons (Fsp3) is 0.333. The van der Waals surface area contributed by atoms with Gasteiger partial charge in [0.25, 0.3) is 0 Å². The van der Waals surface area contributed by atoms with E-state index in [0.29, 0.717) is 0 Å². The van der Waals surface area contributed by atoms with Gasteiger partial charge in [-0.3, -0.25) is 4.79 Å². The molecule has 0 bridgehead atoms. The van der Waals surface area contributed by atoms with Crippen LogP contribution in [0.25, 0.3) is 0 Å². The molecule has 1 amide bonds. The lowest BCUT2D eigenvalue weighted by Crippen LogP contribution is -2.16. The van der Waals surface area contributed by atoms with Crippen molar-refractivity contribution in [2.45, 2.75) is 12.6 Å². The van der Waals surface area contributed by atoms with E-state index < -0.39 is 23.5 Å². The normalized spacial score (nSPS) is 11.2. The molecule has 7 heteroatoms.